The third-order valence-corrected chi connectivity index (χ3v) is 4.86. The van der Waals surface area contributed by atoms with Gasteiger partial charge in [0, 0.05) is 19.3 Å². The van der Waals surface area contributed by atoms with Crippen LogP contribution in [0, 0.1) is 0 Å². The van der Waals surface area contributed by atoms with Gasteiger partial charge in [0.05, 0.1) is 5.69 Å². The number of aromatic nitrogens is 1. The van der Waals surface area contributed by atoms with Crippen molar-refractivity contribution >= 4 is 12.4 Å². The fourth-order valence-electron chi connectivity index (χ4n) is 3.43. The molecule has 1 N–H and O–H groups in total. The van der Waals surface area contributed by atoms with Gasteiger partial charge in [0.15, 0.2) is 0 Å². The van der Waals surface area contributed by atoms with Crippen LogP contribution < -0.4 is 10.1 Å². The molecule has 0 bridgehead atoms. The van der Waals surface area contributed by atoms with E-state index < -0.39 is 0 Å². The van der Waals surface area contributed by atoms with E-state index in [1.54, 1.807) is 11.8 Å². The Kier molecular flexibility index (Phi) is 6.86. The number of pyridine rings is 1. The Hall–Kier alpha value is -2.36. The minimum atomic E-state index is 0. The van der Waals surface area contributed by atoms with Crippen LogP contribution in [0.3, 0.4) is 0 Å². The van der Waals surface area contributed by atoms with E-state index >= 15 is 0 Å². The first-order chi connectivity index (χ1) is 12.9. The summed E-state index contributed by atoms with van der Waals surface area (Å²) >= 11 is 0. The van der Waals surface area contributed by atoms with Crippen LogP contribution in [0.25, 0.3) is 0 Å². The molecule has 27 heavy (non-hydrogen) atoms. The minimum absolute atomic E-state index is 0. The molecule has 0 saturated carbocycles. The van der Waals surface area contributed by atoms with Gasteiger partial charge in [-0.3, -0.25) is 4.98 Å². The van der Waals surface area contributed by atoms with Gasteiger partial charge in [-0.2, -0.15) is 0 Å². The highest BCUT2D eigenvalue weighted by atomic mass is 35.5. The third kappa shape index (κ3) is 5.31. The first-order valence-corrected chi connectivity index (χ1v) is 9.30. The van der Waals surface area contributed by atoms with Gasteiger partial charge in [-0.1, -0.05) is 36.4 Å². The molecule has 4 rings (SSSR count). The Balaban J connectivity index is 0.00000210. The lowest BCUT2D eigenvalue weighted by molar-refractivity contribution is 0.301. The molecule has 1 aliphatic rings. The van der Waals surface area contributed by atoms with E-state index in [1.807, 2.05) is 30.3 Å². The molecule has 3 aromatic rings. The maximum Gasteiger partial charge on any atom is 0.130 e. The summed E-state index contributed by atoms with van der Waals surface area (Å²) in [5.74, 6) is 0.873. The molecule has 0 spiro atoms. The number of nitrogens with one attached hydrogen (secondary N) is 1. The zero-order valence-corrected chi connectivity index (χ0v) is 16.2. The Morgan fingerprint density at radius 2 is 1.63 bits per heavy atom. The zero-order valence-electron chi connectivity index (χ0n) is 15.4. The van der Waals surface area contributed by atoms with E-state index in [4.69, 9.17) is 4.74 Å². The molecule has 0 atom stereocenters. The summed E-state index contributed by atoms with van der Waals surface area (Å²) in [4.78, 5) is 4.27. The summed E-state index contributed by atoms with van der Waals surface area (Å²) in [6.07, 6.45) is 5.58. The summed E-state index contributed by atoms with van der Waals surface area (Å²) < 4.78 is 5.78. The normalized spacial score (nSPS) is 12.3. The van der Waals surface area contributed by atoms with Gasteiger partial charge in [-0.15, -0.1) is 12.4 Å². The smallest absolute Gasteiger partial charge is 0.130 e. The maximum absolute atomic E-state index is 5.78. The second-order valence-electron chi connectivity index (χ2n) is 6.81. The molecule has 1 aromatic heterocycles. The van der Waals surface area contributed by atoms with Gasteiger partial charge in [0.25, 0.3) is 0 Å². The van der Waals surface area contributed by atoms with Crippen molar-refractivity contribution in [3.05, 3.63) is 94.8 Å². The number of aryl methyl sites for hydroxylation is 2. The Morgan fingerprint density at radius 1 is 0.852 bits per heavy atom. The van der Waals surface area contributed by atoms with Crippen molar-refractivity contribution < 1.29 is 4.74 Å². The number of benzene rings is 2. The SMILES string of the molecule is Cl.c1ccc(COc2ccc(CNCc3ccc4c(c3)CCC4)cc2)nc1. The van der Waals surface area contributed by atoms with Crippen LogP contribution in [0.2, 0.25) is 0 Å². The lowest BCUT2D eigenvalue weighted by atomic mass is 10.1. The molecule has 0 aliphatic heterocycles. The molecule has 140 valence electrons. The summed E-state index contributed by atoms with van der Waals surface area (Å²) in [5.41, 5.74) is 6.65. The molecular formula is C23H25ClN2O. The summed E-state index contributed by atoms with van der Waals surface area (Å²) in [6, 6.07) is 21.0. The Labute approximate surface area is 167 Å². The van der Waals surface area contributed by atoms with E-state index in [2.05, 4.69) is 40.6 Å². The van der Waals surface area contributed by atoms with Gasteiger partial charge in [0.1, 0.15) is 12.4 Å². The highest BCUT2D eigenvalue weighted by Gasteiger charge is 2.10. The molecule has 1 aliphatic carbocycles. The number of hydrogen-bond donors (Lipinski definition) is 1. The molecule has 1 heterocycles. The molecular weight excluding hydrogens is 356 g/mol. The summed E-state index contributed by atoms with van der Waals surface area (Å²) in [5, 5.41) is 3.54. The number of halogens is 1. The van der Waals surface area contributed by atoms with Crippen LogP contribution in [0.4, 0.5) is 0 Å². The monoisotopic (exact) mass is 380 g/mol. The summed E-state index contributed by atoms with van der Waals surface area (Å²) in [6.45, 7) is 2.26. The van der Waals surface area contributed by atoms with Gasteiger partial charge in [-0.25, -0.2) is 0 Å². The second kappa shape index (κ2) is 9.54. The van der Waals surface area contributed by atoms with Crippen LogP contribution >= 0.6 is 12.4 Å². The molecule has 4 heteroatoms. The lowest BCUT2D eigenvalue weighted by Gasteiger charge is -2.09. The van der Waals surface area contributed by atoms with E-state index in [-0.39, 0.29) is 12.4 Å². The largest absolute Gasteiger partial charge is 0.487 e. The van der Waals surface area contributed by atoms with Crippen molar-refractivity contribution in [2.75, 3.05) is 0 Å². The molecule has 0 amide bonds. The Morgan fingerprint density at radius 3 is 2.44 bits per heavy atom. The van der Waals surface area contributed by atoms with Crippen molar-refractivity contribution in [3.63, 3.8) is 0 Å². The van der Waals surface area contributed by atoms with Gasteiger partial charge in [0.2, 0.25) is 0 Å². The van der Waals surface area contributed by atoms with Gasteiger partial charge < -0.3 is 10.1 Å². The number of rotatable bonds is 7. The van der Waals surface area contributed by atoms with Gasteiger partial charge in [-0.05, 0) is 65.8 Å². The first kappa shape index (κ1) is 19.4. The van der Waals surface area contributed by atoms with Crippen molar-refractivity contribution in [1.29, 1.82) is 0 Å². The van der Waals surface area contributed by atoms with Crippen LogP contribution in [-0.4, -0.2) is 4.98 Å². The molecule has 2 aromatic carbocycles. The predicted octanol–water partition coefficient (Wildman–Crippen LogP) is 4.86. The van der Waals surface area contributed by atoms with Crippen molar-refractivity contribution in [3.8, 4) is 5.75 Å². The lowest BCUT2D eigenvalue weighted by Crippen LogP contribution is -2.12. The van der Waals surface area contributed by atoms with E-state index in [9.17, 15) is 0 Å². The number of nitrogens with zero attached hydrogens (tertiary/aromatic N) is 1. The maximum atomic E-state index is 5.78. The zero-order chi connectivity index (χ0) is 17.6. The van der Waals surface area contributed by atoms with E-state index in [0.717, 1.165) is 24.5 Å². The van der Waals surface area contributed by atoms with Crippen LogP contribution in [0.15, 0.2) is 66.9 Å². The van der Waals surface area contributed by atoms with Crippen LogP contribution in [0.5, 0.6) is 5.75 Å². The predicted molar refractivity (Wildman–Crippen MR) is 111 cm³/mol. The Bertz CT molecular complexity index is 850. The average molecular weight is 381 g/mol. The van der Waals surface area contributed by atoms with E-state index in [0.29, 0.717) is 6.61 Å². The first-order valence-electron chi connectivity index (χ1n) is 9.30. The standard InChI is InChI=1S/C23H24N2O.ClH/c1-2-13-25-22(6-1)17-26-23-11-8-18(9-12-23)15-24-16-19-7-10-20-4-3-5-21(20)14-19;/h1-2,6-14,24H,3-5,15-17H2;1H. The average Bonchev–Trinajstić information content (AvgIpc) is 3.16. The number of hydrogen-bond acceptors (Lipinski definition) is 3. The van der Waals surface area contributed by atoms with Gasteiger partial charge >= 0.3 is 0 Å². The highest BCUT2D eigenvalue weighted by Crippen LogP contribution is 2.22. The highest BCUT2D eigenvalue weighted by molar-refractivity contribution is 5.85. The third-order valence-electron chi connectivity index (χ3n) is 4.86. The molecule has 0 fully saturated rings. The second-order valence-corrected chi connectivity index (χ2v) is 6.81. The number of ether oxygens (including phenoxy) is 1. The molecule has 0 unspecified atom stereocenters. The van der Waals surface area contributed by atoms with Crippen LogP contribution in [0.1, 0.15) is 34.4 Å². The molecule has 3 nitrogen and oxygen atoms in total. The fourth-order valence-corrected chi connectivity index (χ4v) is 3.43. The quantitative estimate of drug-likeness (QED) is 0.635. The molecule has 0 radical (unpaired) electrons. The van der Waals surface area contributed by atoms with Crippen molar-refractivity contribution in [2.24, 2.45) is 0 Å². The van der Waals surface area contributed by atoms with Crippen molar-refractivity contribution in [1.82, 2.24) is 10.3 Å². The minimum Gasteiger partial charge on any atom is -0.487 e. The number of fused-ring (bicyclic) bond motifs is 1. The molecule has 0 saturated heterocycles. The van der Waals surface area contributed by atoms with Crippen molar-refractivity contribution in [2.45, 2.75) is 39.0 Å². The van der Waals surface area contributed by atoms with Crippen LogP contribution in [-0.2, 0) is 32.5 Å². The van der Waals surface area contributed by atoms with E-state index in [1.165, 1.54) is 36.0 Å². The fraction of sp³-hybridized carbons (Fsp3) is 0.261. The summed E-state index contributed by atoms with van der Waals surface area (Å²) in [7, 11) is 0. The topological polar surface area (TPSA) is 34.1 Å².